The maximum absolute atomic E-state index is 3.48. The van der Waals surface area contributed by atoms with E-state index in [0.717, 1.165) is 6.42 Å². The van der Waals surface area contributed by atoms with Gasteiger partial charge in [0.05, 0.1) is 0 Å². The molecule has 0 amide bonds. The summed E-state index contributed by atoms with van der Waals surface area (Å²) in [6.45, 7) is 7.02. The molecule has 1 aromatic rings. The molecule has 1 atom stereocenters. The number of rotatable bonds is 1. The van der Waals surface area contributed by atoms with E-state index in [4.69, 9.17) is 0 Å². The second-order valence-corrected chi connectivity index (χ2v) is 5.71. The van der Waals surface area contributed by atoms with Gasteiger partial charge in [0.1, 0.15) is 0 Å². The highest BCUT2D eigenvalue weighted by atomic mass is 35.5. The fourth-order valence-corrected chi connectivity index (χ4v) is 3.06. The van der Waals surface area contributed by atoms with E-state index in [1.807, 2.05) is 0 Å². The van der Waals surface area contributed by atoms with Crippen molar-refractivity contribution in [2.75, 3.05) is 7.05 Å². The number of hydrogen-bond acceptors (Lipinski definition) is 1. The Morgan fingerprint density at radius 2 is 1.75 bits per heavy atom. The first-order valence-corrected chi connectivity index (χ1v) is 5.74. The van der Waals surface area contributed by atoms with Gasteiger partial charge in [0.2, 0.25) is 0 Å². The average molecular weight is 240 g/mol. The van der Waals surface area contributed by atoms with Crippen LogP contribution in [0.1, 0.15) is 38.3 Å². The van der Waals surface area contributed by atoms with E-state index in [0.29, 0.717) is 0 Å². The van der Waals surface area contributed by atoms with Gasteiger partial charge in [0, 0.05) is 5.54 Å². The molecule has 0 radical (unpaired) electrons. The second kappa shape index (κ2) is 4.38. The Bertz CT molecular complexity index is 373. The minimum atomic E-state index is 0. The molecule has 90 valence electrons. The molecule has 0 bridgehead atoms. The standard InChI is InChI=1S/C14H21N.ClH/c1-13(2)10-14(3,15-4)9-11-7-5-6-8-12(11)13;/h5-8,15H,9-10H2,1-4H3;1H. The summed E-state index contributed by atoms with van der Waals surface area (Å²) in [5.74, 6) is 0. The topological polar surface area (TPSA) is 12.0 Å². The summed E-state index contributed by atoms with van der Waals surface area (Å²) < 4.78 is 0. The van der Waals surface area contributed by atoms with E-state index in [2.05, 4.69) is 57.4 Å². The lowest BCUT2D eigenvalue weighted by atomic mass is 9.65. The van der Waals surface area contributed by atoms with Gasteiger partial charge in [-0.25, -0.2) is 0 Å². The number of benzene rings is 1. The van der Waals surface area contributed by atoms with Crippen LogP contribution in [0.15, 0.2) is 24.3 Å². The van der Waals surface area contributed by atoms with E-state index in [1.165, 1.54) is 17.5 Å². The van der Waals surface area contributed by atoms with Gasteiger partial charge in [-0.1, -0.05) is 38.1 Å². The fraction of sp³-hybridized carbons (Fsp3) is 0.571. The van der Waals surface area contributed by atoms with Crippen molar-refractivity contribution < 1.29 is 0 Å². The molecule has 0 aromatic heterocycles. The normalized spacial score (nSPS) is 26.8. The van der Waals surface area contributed by atoms with E-state index in [1.54, 1.807) is 0 Å². The first-order chi connectivity index (χ1) is 6.97. The Labute approximate surface area is 105 Å². The maximum atomic E-state index is 3.48. The molecule has 16 heavy (non-hydrogen) atoms. The Morgan fingerprint density at radius 3 is 2.38 bits per heavy atom. The molecule has 1 aliphatic rings. The Morgan fingerprint density at radius 1 is 1.12 bits per heavy atom. The molecule has 0 spiro atoms. The van der Waals surface area contributed by atoms with Crippen LogP contribution in [0.2, 0.25) is 0 Å². The monoisotopic (exact) mass is 239 g/mol. The number of fused-ring (bicyclic) bond motifs is 1. The van der Waals surface area contributed by atoms with Gasteiger partial charge >= 0.3 is 0 Å². The van der Waals surface area contributed by atoms with Crippen LogP contribution in [0.3, 0.4) is 0 Å². The molecule has 2 heteroatoms. The third kappa shape index (κ3) is 2.26. The van der Waals surface area contributed by atoms with E-state index in [-0.39, 0.29) is 23.4 Å². The highest BCUT2D eigenvalue weighted by molar-refractivity contribution is 5.85. The molecular formula is C14H22ClN. The van der Waals surface area contributed by atoms with Crippen molar-refractivity contribution >= 4 is 12.4 Å². The van der Waals surface area contributed by atoms with Gasteiger partial charge in [0.15, 0.2) is 0 Å². The van der Waals surface area contributed by atoms with Crippen LogP contribution < -0.4 is 5.32 Å². The van der Waals surface area contributed by atoms with Crippen molar-refractivity contribution in [1.29, 1.82) is 0 Å². The zero-order valence-corrected chi connectivity index (χ0v) is 11.4. The highest BCUT2D eigenvalue weighted by Gasteiger charge is 2.38. The summed E-state index contributed by atoms with van der Waals surface area (Å²) in [5, 5.41) is 3.48. The molecule has 1 N–H and O–H groups in total. The van der Waals surface area contributed by atoms with Crippen LogP contribution in [0, 0.1) is 0 Å². The van der Waals surface area contributed by atoms with Crippen LogP contribution >= 0.6 is 12.4 Å². The van der Waals surface area contributed by atoms with Gasteiger partial charge < -0.3 is 5.32 Å². The van der Waals surface area contributed by atoms with E-state index in [9.17, 15) is 0 Å². The predicted octanol–water partition coefficient (Wildman–Crippen LogP) is 3.31. The average Bonchev–Trinajstić information content (AvgIpc) is 2.16. The predicted molar refractivity (Wildman–Crippen MR) is 72.5 cm³/mol. The SMILES string of the molecule is CNC1(C)Cc2ccccc2C(C)(C)C1.Cl. The van der Waals surface area contributed by atoms with Gasteiger partial charge in [-0.05, 0) is 43.4 Å². The first kappa shape index (κ1) is 13.5. The van der Waals surface area contributed by atoms with Crippen LogP contribution in [-0.4, -0.2) is 12.6 Å². The van der Waals surface area contributed by atoms with Crippen molar-refractivity contribution in [2.45, 2.75) is 44.6 Å². The number of hydrogen-bond donors (Lipinski definition) is 1. The molecule has 0 heterocycles. The molecule has 1 unspecified atom stereocenters. The quantitative estimate of drug-likeness (QED) is 0.793. The summed E-state index contributed by atoms with van der Waals surface area (Å²) in [6, 6.07) is 8.86. The van der Waals surface area contributed by atoms with Crippen molar-refractivity contribution in [3.8, 4) is 0 Å². The van der Waals surface area contributed by atoms with Crippen LogP contribution in [0.25, 0.3) is 0 Å². The van der Waals surface area contributed by atoms with Gasteiger partial charge in [-0.15, -0.1) is 12.4 Å². The molecule has 0 saturated carbocycles. The fourth-order valence-electron chi connectivity index (χ4n) is 3.06. The summed E-state index contributed by atoms with van der Waals surface area (Å²) in [6.07, 6.45) is 2.34. The lowest BCUT2D eigenvalue weighted by Gasteiger charge is -2.44. The zero-order valence-electron chi connectivity index (χ0n) is 10.6. The Balaban J connectivity index is 0.00000128. The summed E-state index contributed by atoms with van der Waals surface area (Å²) >= 11 is 0. The number of nitrogens with one attached hydrogen (secondary N) is 1. The lowest BCUT2D eigenvalue weighted by molar-refractivity contribution is 0.256. The molecule has 2 rings (SSSR count). The number of likely N-dealkylation sites (N-methyl/N-ethyl adjacent to an activating group) is 1. The molecule has 1 nitrogen and oxygen atoms in total. The largest absolute Gasteiger partial charge is 0.314 e. The molecule has 0 fully saturated rings. The van der Waals surface area contributed by atoms with Crippen LogP contribution in [0.4, 0.5) is 0 Å². The van der Waals surface area contributed by atoms with Crippen molar-refractivity contribution in [2.24, 2.45) is 0 Å². The van der Waals surface area contributed by atoms with E-state index >= 15 is 0 Å². The lowest BCUT2D eigenvalue weighted by Crippen LogP contribution is -2.50. The third-order valence-electron chi connectivity index (χ3n) is 3.76. The molecule has 1 aromatic carbocycles. The van der Waals surface area contributed by atoms with Crippen LogP contribution in [0.5, 0.6) is 0 Å². The summed E-state index contributed by atoms with van der Waals surface area (Å²) in [4.78, 5) is 0. The van der Waals surface area contributed by atoms with E-state index < -0.39 is 0 Å². The molecule has 0 saturated heterocycles. The Kier molecular flexibility index (Phi) is 3.71. The van der Waals surface area contributed by atoms with Crippen molar-refractivity contribution in [1.82, 2.24) is 5.32 Å². The minimum Gasteiger partial charge on any atom is -0.314 e. The maximum Gasteiger partial charge on any atom is 0.0199 e. The summed E-state index contributed by atoms with van der Waals surface area (Å²) in [7, 11) is 2.07. The van der Waals surface area contributed by atoms with Gasteiger partial charge in [0.25, 0.3) is 0 Å². The van der Waals surface area contributed by atoms with Crippen LogP contribution in [-0.2, 0) is 11.8 Å². The van der Waals surface area contributed by atoms with Crippen molar-refractivity contribution in [3.63, 3.8) is 0 Å². The second-order valence-electron chi connectivity index (χ2n) is 5.71. The van der Waals surface area contributed by atoms with Gasteiger partial charge in [-0.2, -0.15) is 0 Å². The molecule has 0 aliphatic heterocycles. The Hall–Kier alpha value is -0.530. The molecular weight excluding hydrogens is 218 g/mol. The van der Waals surface area contributed by atoms with Crippen molar-refractivity contribution in [3.05, 3.63) is 35.4 Å². The summed E-state index contributed by atoms with van der Waals surface area (Å²) in [5.41, 5.74) is 3.56. The third-order valence-corrected chi connectivity index (χ3v) is 3.76. The zero-order chi connectivity index (χ0) is 11.1. The van der Waals surface area contributed by atoms with Gasteiger partial charge in [-0.3, -0.25) is 0 Å². The smallest absolute Gasteiger partial charge is 0.0199 e. The minimum absolute atomic E-state index is 0. The molecule has 1 aliphatic carbocycles. The number of halogens is 1. The highest BCUT2D eigenvalue weighted by Crippen LogP contribution is 2.40. The first-order valence-electron chi connectivity index (χ1n) is 5.74.